The Morgan fingerprint density at radius 3 is 2.27 bits per heavy atom. The van der Waals surface area contributed by atoms with Gasteiger partial charge in [-0.1, -0.05) is 26.3 Å². The first-order chi connectivity index (χ1) is 5.13. The summed E-state index contributed by atoms with van der Waals surface area (Å²) < 4.78 is 0. The Balaban J connectivity index is 4.57. The van der Waals surface area contributed by atoms with Crippen molar-refractivity contribution >= 4 is 6.21 Å². The molecule has 0 unspecified atom stereocenters. The third-order valence-electron chi connectivity index (χ3n) is 1.91. The van der Waals surface area contributed by atoms with Crippen LogP contribution in [0.5, 0.6) is 0 Å². The molecular weight excluding hydrogens is 134 g/mol. The van der Waals surface area contributed by atoms with E-state index in [-0.39, 0.29) is 0 Å². The van der Waals surface area contributed by atoms with Crippen LogP contribution >= 0.6 is 0 Å². The molecular formula is C10H19N. The monoisotopic (exact) mass is 153 g/mol. The summed E-state index contributed by atoms with van der Waals surface area (Å²) in [6, 6.07) is 0. The van der Waals surface area contributed by atoms with Gasteiger partial charge in [-0.05, 0) is 24.8 Å². The summed E-state index contributed by atoms with van der Waals surface area (Å²) in [4.78, 5) is 4.04. The fraction of sp³-hybridized carbons (Fsp3) is 0.700. The van der Waals surface area contributed by atoms with Gasteiger partial charge in [0.1, 0.15) is 0 Å². The lowest BCUT2D eigenvalue weighted by Gasteiger charge is -2.09. The molecule has 0 aromatic rings. The topological polar surface area (TPSA) is 12.4 Å². The van der Waals surface area contributed by atoms with Crippen molar-refractivity contribution in [1.29, 1.82) is 0 Å². The second-order valence-corrected chi connectivity index (χ2v) is 3.13. The number of aliphatic imine (C=N–C) groups is 1. The molecule has 0 aliphatic carbocycles. The van der Waals surface area contributed by atoms with Crippen LogP contribution in [0.1, 0.15) is 34.1 Å². The largest absolute Gasteiger partial charge is 0.296 e. The van der Waals surface area contributed by atoms with Crippen LogP contribution in [0.4, 0.5) is 0 Å². The summed E-state index contributed by atoms with van der Waals surface area (Å²) >= 11 is 0. The molecule has 0 saturated carbocycles. The fourth-order valence-electron chi connectivity index (χ4n) is 1.10. The van der Waals surface area contributed by atoms with E-state index in [9.17, 15) is 0 Å². The van der Waals surface area contributed by atoms with Crippen LogP contribution in [0.2, 0.25) is 0 Å². The van der Waals surface area contributed by atoms with Gasteiger partial charge in [0.05, 0.1) is 0 Å². The molecule has 1 nitrogen and oxygen atoms in total. The second-order valence-electron chi connectivity index (χ2n) is 3.13. The molecule has 0 heterocycles. The molecule has 1 heteroatoms. The summed E-state index contributed by atoms with van der Waals surface area (Å²) in [5.41, 5.74) is 2.83. The van der Waals surface area contributed by atoms with Gasteiger partial charge in [-0.15, -0.1) is 0 Å². The van der Waals surface area contributed by atoms with E-state index in [0.717, 1.165) is 6.42 Å². The quantitative estimate of drug-likeness (QED) is 0.552. The van der Waals surface area contributed by atoms with Crippen LogP contribution in [0.15, 0.2) is 16.1 Å². The highest BCUT2D eigenvalue weighted by Gasteiger charge is 2.02. The highest BCUT2D eigenvalue weighted by atomic mass is 14.6. The van der Waals surface area contributed by atoms with Crippen molar-refractivity contribution in [2.24, 2.45) is 10.9 Å². The standard InChI is InChI=1S/C10H19N/c1-6-9(4)10(7-11-5)8(2)3/h7-8H,6H2,1-5H3/b10-9-,11-7-. The highest BCUT2D eigenvalue weighted by Crippen LogP contribution is 2.14. The summed E-state index contributed by atoms with van der Waals surface area (Å²) in [6.07, 6.45) is 3.10. The Kier molecular flexibility index (Phi) is 4.84. The zero-order valence-electron chi connectivity index (χ0n) is 8.31. The third kappa shape index (κ3) is 3.35. The Bertz CT molecular complexity index is 164. The zero-order valence-corrected chi connectivity index (χ0v) is 8.31. The van der Waals surface area contributed by atoms with Crippen LogP contribution in [0.25, 0.3) is 0 Å². The molecule has 0 N–H and O–H groups in total. The van der Waals surface area contributed by atoms with Crippen molar-refractivity contribution in [1.82, 2.24) is 0 Å². The van der Waals surface area contributed by atoms with Gasteiger partial charge in [-0.2, -0.15) is 0 Å². The van der Waals surface area contributed by atoms with E-state index in [1.807, 2.05) is 13.3 Å². The molecule has 0 rings (SSSR count). The highest BCUT2D eigenvalue weighted by molar-refractivity contribution is 5.79. The van der Waals surface area contributed by atoms with Gasteiger partial charge in [-0.25, -0.2) is 0 Å². The molecule has 11 heavy (non-hydrogen) atoms. The molecule has 0 fully saturated rings. The lowest BCUT2D eigenvalue weighted by Crippen LogP contribution is -1.98. The Labute approximate surface area is 70.2 Å². The number of hydrogen-bond acceptors (Lipinski definition) is 1. The van der Waals surface area contributed by atoms with E-state index in [0.29, 0.717) is 5.92 Å². The lowest BCUT2D eigenvalue weighted by atomic mass is 9.98. The minimum Gasteiger partial charge on any atom is -0.296 e. The Morgan fingerprint density at radius 2 is 2.00 bits per heavy atom. The molecule has 0 amide bonds. The smallest absolute Gasteiger partial charge is 0.0277 e. The van der Waals surface area contributed by atoms with Crippen LogP contribution in [0, 0.1) is 5.92 Å². The predicted octanol–water partition coefficient (Wildman–Crippen LogP) is 3.07. The van der Waals surface area contributed by atoms with Gasteiger partial charge in [0.15, 0.2) is 0 Å². The number of hydrogen-bond donors (Lipinski definition) is 0. The van der Waals surface area contributed by atoms with Crippen molar-refractivity contribution in [3.05, 3.63) is 11.1 Å². The molecule has 64 valence electrons. The van der Waals surface area contributed by atoms with Gasteiger partial charge in [-0.3, -0.25) is 4.99 Å². The zero-order chi connectivity index (χ0) is 8.85. The predicted molar refractivity (Wildman–Crippen MR) is 52.2 cm³/mol. The van der Waals surface area contributed by atoms with Crippen molar-refractivity contribution < 1.29 is 0 Å². The SMILES string of the molecule is CC/C(C)=C(/C=N\C)C(C)C. The van der Waals surface area contributed by atoms with Crippen molar-refractivity contribution in [3.63, 3.8) is 0 Å². The molecule has 0 spiro atoms. The first-order valence-corrected chi connectivity index (χ1v) is 4.25. The van der Waals surface area contributed by atoms with Gasteiger partial charge in [0, 0.05) is 13.3 Å². The molecule has 0 aromatic carbocycles. The van der Waals surface area contributed by atoms with E-state index >= 15 is 0 Å². The van der Waals surface area contributed by atoms with Crippen LogP contribution in [0.3, 0.4) is 0 Å². The molecule has 0 aliphatic rings. The maximum Gasteiger partial charge on any atom is 0.0277 e. The van der Waals surface area contributed by atoms with E-state index in [4.69, 9.17) is 0 Å². The number of rotatable bonds is 3. The average molecular weight is 153 g/mol. The Morgan fingerprint density at radius 1 is 1.45 bits per heavy atom. The molecule has 0 bridgehead atoms. The summed E-state index contributed by atoms with van der Waals surface area (Å²) in [6.45, 7) is 8.77. The first-order valence-electron chi connectivity index (χ1n) is 4.25. The summed E-state index contributed by atoms with van der Waals surface area (Å²) in [7, 11) is 1.82. The van der Waals surface area contributed by atoms with E-state index in [1.165, 1.54) is 11.1 Å². The third-order valence-corrected chi connectivity index (χ3v) is 1.91. The molecule has 0 aliphatic heterocycles. The minimum atomic E-state index is 0.596. The molecule has 0 radical (unpaired) electrons. The normalized spacial score (nSPS) is 14.4. The van der Waals surface area contributed by atoms with Gasteiger partial charge < -0.3 is 0 Å². The average Bonchev–Trinajstić information content (AvgIpc) is 1.98. The molecule has 0 aromatic heterocycles. The van der Waals surface area contributed by atoms with Crippen molar-refractivity contribution in [2.75, 3.05) is 7.05 Å². The lowest BCUT2D eigenvalue weighted by molar-refractivity contribution is 0.786. The first kappa shape index (κ1) is 10.4. The summed E-state index contributed by atoms with van der Waals surface area (Å²) in [5.74, 6) is 0.596. The van der Waals surface area contributed by atoms with Crippen LogP contribution in [-0.2, 0) is 0 Å². The van der Waals surface area contributed by atoms with Crippen molar-refractivity contribution in [2.45, 2.75) is 34.1 Å². The number of allylic oxidation sites excluding steroid dienone is 2. The maximum absolute atomic E-state index is 4.04. The van der Waals surface area contributed by atoms with Crippen LogP contribution < -0.4 is 0 Å². The molecule has 0 atom stereocenters. The van der Waals surface area contributed by atoms with Gasteiger partial charge >= 0.3 is 0 Å². The van der Waals surface area contributed by atoms with Crippen molar-refractivity contribution in [3.8, 4) is 0 Å². The second kappa shape index (κ2) is 5.11. The summed E-state index contributed by atoms with van der Waals surface area (Å²) in [5, 5.41) is 0. The maximum atomic E-state index is 4.04. The fourth-order valence-corrected chi connectivity index (χ4v) is 1.10. The Hall–Kier alpha value is -0.590. The van der Waals surface area contributed by atoms with E-state index < -0.39 is 0 Å². The van der Waals surface area contributed by atoms with Gasteiger partial charge in [0.2, 0.25) is 0 Å². The van der Waals surface area contributed by atoms with Gasteiger partial charge in [0.25, 0.3) is 0 Å². The molecule has 0 saturated heterocycles. The van der Waals surface area contributed by atoms with E-state index in [2.05, 4.69) is 32.7 Å². The number of nitrogens with zero attached hydrogens (tertiary/aromatic N) is 1. The van der Waals surface area contributed by atoms with Crippen LogP contribution in [-0.4, -0.2) is 13.3 Å². The van der Waals surface area contributed by atoms with E-state index in [1.54, 1.807) is 0 Å². The minimum absolute atomic E-state index is 0.596.